The molecule has 2 aromatic carbocycles. The van der Waals surface area contributed by atoms with Gasteiger partial charge in [0.05, 0.1) is 12.2 Å². The molecule has 1 N–H and O–H groups in total. The molecule has 0 saturated heterocycles. The number of aromatic nitrogens is 2. The van der Waals surface area contributed by atoms with E-state index in [0.29, 0.717) is 23.6 Å². The maximum absolute atomic E-state index is 14.2. The van der Waals surface area contributed by atoms with E-state index in [0.717, 1.165) is 19.0 Å². The monoisotopic (exact) mass is 437 g/mol. The van der Waals surface area contributed by atoms with Crippen LogP contribution >= 0.6 is 0 Å². The summed E-state index contributed by atoms with van der Waals surface area (Å²) in [6, 6.07) is 11.4. The van der Waals surface area contributed by atoms with Crippen LogP contribution < -0.4 is 5.43 Å². The van der Waals surface area contributed by atoms with Gasteiger partial charge in [0.1, 0.15) is 11.6 Å². The Balaban J connectivity index is 1.71. The van der Waals surface area contributed by atoms with Crippen LogP contribution in [0.4, 0.5) is 8.78 Å². The minimum absolute atomic E-state index is 0.188. The number of benzene rings is 2. The van der Waals surface area contributed by atoms with Crippen molar-refractivity contribution in [1.29, 1.82) is 0 Å². The minimum Gasteiger partial charge on any atom is -0.502 e. The summed E-state index contributed by atoms with van der Waals surface area (Å²) in [4.78, 5) is 26.9. The summed E-state index contributed by atoms with van der Waals surface area (Å²) in [5.74, 6) is -2.22. The Morgan fingerprint density at radius 3 is 2.22 bits per heavy atom. The summed E-state index contributed by atoms with van der Waals surface area (Å²) in [6.45, 7) is 0.728. The first kappa shape index (κ1) is 20.4. The zero-order valence-electron chi connectivity index (χ0n) is 17.1. The maximum atomic E-state index is 14.2. The quantitative estimate of drug-likeness (QED) is 0.663. The van der Waals surface area contributed by atoms with Crippen molar-refractivity contribution in [3.8, 4) is 5.75 Å². The molecule has 3 aromatic rings. The number of rotatable bonds is 5. The van der Waals surface area contributed by atoms with E-state index in [1.54, 1.807) is 29.2 Å². The molecule has 6 nitrogen and oxygen atoms in total. The molecule has 1 fully saturated rings. The van der Waals surface area contributed by atoms with Gasteiger partial charge in [0.25, 0.3) is 5.91 Å². The predicted octanol–water partition coefficient (Wildman–Crippen LogP) is 3.47. The van der Waals surface area contributed by atoms with Crippen LogP contribution in [0.25, 0.3) is 0 Å². The largest absolute Gasteiger partial charge is 0.502 e. The highest BCUT2D eigenvalue weighted by molar-refractivity contribution is 5.95. The molecule has 1 aliphatic heterocycles. The summed E-state index contributed by atoms with van der Waals surface area (Å²) in [5, 5.41) is 14.6. The second-order valence-corrected chi connectivity index (χ2v) is 8.46. The predicted molar refractivity (Wildman–Crippen MR) is 112 cm³/mol. The van der Waals surface area contributed by atoms with Gasteiger partial charge >= 0.3 is 0 Å². The average molecular weight is 437 g/mol. The van der Waals surface area contributed by atoms with Gasteiger partial charge in [0.15, 0.2) is 11.4 Å². The number of aromatic hydroxyl groups is 1. The zero-order chi connectivity index (χ0) is 22.4. The van der Waals surface area contributed by atoms with E-state index in [1.165, 1.54) is 28.9 Å². The molecule has 1 unspecified atom stereocenters. The Morgan fingerprint density at radius 2 is 1.66 bits per heavy atom. The smallest absolute Gasteiger partial charge is 0.276 e. The molecule has 0 radical (unpaired) electrons. The third-order valence-corrected chi connectivity index (χ3v) is 6.17. The second kappa shape index (κ2) is 7.85. The summed E-state index contributed by atoms with van der Waals surface area (Å²) in [7, 11) is 0. The third kappa shape index (κ3) is 3.66. The fourth-order valence-electron chi connectivity index (χ4n) is 4.50. The van der Waals surface area contributed by atoms with E-state index < -0.39 is 40.7 Å². The van der Waals surface area contributed by atoms with Crippen molar-refractivity contribution in [3.63, 3.8) is 0 Å². The molecule has 1 atom stereocenters. The third-order valence-electron chi connectivity index (χ3n) is 6.17. The SMILES string of the molecule is O=C1c2c(O)c(=O)cnn2C(C(c2cccc(F)c2)c2cccc(F)c2)CN1CC1CC1. The van der Waals surface area contributed by atoms with E-state index in [4.69, 9.17) is 0 Å². The average Bonchev–Trinajstić information content (AvgIpc) is 3.58. The standard InChI is InChI=1S/C24H21F2N3O3/c25-17-5-1-3-15(9-17)21(16-4-2-6-18(26)10-16)19-13-28(12-14-7-8-14)24(32)22-23(31)20(30)11-27-29(19)22/h1-6,9-11,14,19,21,31H,7-8,12-13H2. The van der Waals surface area contributed by atoms with Crippen molar-refractivity contribution in [2.45, 2.75) is 24.8 Å². The maximum Gasteiger partial charge on any atom is 0.276 e. The molecule has 1 aromatic heterocycles. The normalized spacial score (nSPS) is 18.2. The minimum atomic E-state index is -0.746. The molecular formula is C24H21F2N3O3. The Kier molecular flexibility index (Phi) is 5.00. The van der Waals surface area contributed by atoms with Crippen LogP contribution in [0.2, 0.25) is 0 Å². The highest BCUT2D eigenvalue weighted by Gasteiger charge is 2.41. The molecule has 0 spiro atoms. The summed E-state index contributed by atoms with van der Waals surface area (Å²) in [6.07, 6.45) is 2.98. The molecule has 2 heterocycles. The molecule has 8 heteroatoms. The van der Waals surface area contributed by atoms with Gasteiger partial charge < -0.3 is 10.0 Å². The lowest BCUT2D eigenvalue weighted by molar-refractivity contribution is 0.0624. The lowest BCUT2D eigenvalue weighted by Gasteiger charge is -2.39. The van der Waals surface area contributed by atoms with Crippen molar-refractivity contribution >= 4 is 5.91 Å². The lowest BCUT2D eigenvalue weighted by atomic mass is 9.83. The van der Waals surface area contributed by atoms with E-state index in [2.05, 4.69) is 5.10 Å². The van der Waals surface area contributed by atoms with E-state index >= 15 is 0 Å². The Hall–Kier alpha value is -3.55. The number of hydrogen-bond acceptors (Lipinski definition) is 4. The Labute approximate surface area is 182 Å². The van der Waals surface area contributed by atoms with E-state index in [9.17, 15) is 23.5 Å². The van der Waals surface area contributed by atoms with E-state index in [1.807, 2.05) is 0 Å². The van der Waals surface area contributed by atoms with Gasteiger partial charge in [-0.05, 0) is 54.2 Å². The number of amides is 1. The van der Waals surface area contributed by atoms with E-state index in [-0.39, 0.29) is 12.2 Å². The van der Waals surface area contributed by atoms with Crippen molar-refractivity contribution in [3.05, 3.63) is 93.4 Å². The number of fused-ring (bicyclic) bond motifs is 1. The highest BCUT2D eigenvalue weighted by Crippen LogP contribution is 2.41. The van der Waals surface area contributed by atoms with Crippen LogP contribution in [0.1, 0.15) is 46.4 Å². The van der Waals surface area contributed by atoms with Crippen molar-refractivity contribution in [2.75, 3.05) is 13.1 Å². The Bertz CT molecular complexity index is 1210. The fraction of sp³-hybridized carbons (Fsp3) is 0.292. The first-order valence-corrected chi connectivity index (χ1v) is 10.5. The van der Waals surface area contributed by atoms with Crippen molar-refractivity contribution in [2.24, 2.45) is 5.92 Å². The van der Waals surface area contributed by atoms with Crippen LogP contribution in [-0.4, -0.2) is 38.8 Å². The molecule has 5 rings (SSSR count). The number of carbonyl (C=O) groups is 1. The molecule has 1 amide bonds. The van der Waals surface area contributed by atoms with Crippen LogP contribution in [-0.2, 0) is 0 Å². The molecule has 1 saturated carbocycles. The van der Waals surface area contributed by atoms with Crippen LogP contribution in [0, 0.1) is 17.6 Å². The number of carbonyl (C=O) groups excluding carboxylic acids is 1. The fourth-order valence-corrected chi connectivity index (χ4v) is 4.50. The van der Waals surface area contributed by atoms with Gasteiger partial charge in [0.2, 0.25) is 5.43 Å². The van der Waals surface area contributed by atoms with Gasteiger partial charge in [-0.25, -0.2) is 8.78 Å². The topological polar surface area (TPSA) is 75.4 Å². The summed E-state index contributed by atoms with van der Waals surface area (Å²) in [5.41, 5.74) is 0.219. The molecule has 164 valence electrons. The van der Waals surface area contributed by atoms with Crippen molar-refractivity contribution in [1.82, 2.24) is 14.7 Å². The first-order chi connectivity index (χ1) is 15.4. The van der Waals surface area contributed by atoms with Crippen LogP contribution in [0.15, 0.2) is 59.5 Å². The van der Waals surface area contributed by atoms with Gasteiger partial charge in [-0.2, -0.15) is 5.10 Å². The van der Waals surface area contributed by atoms with Gasteiger partial charge in [0, 0.05) is 19.0 Å². The first-order valence-electron chi connectivity index (χ1n) is 10.5. The zero-order valence-corrected chi connectivity index (χ0v) is 17.1. The van der Waals surface area contributed by atoms with Crippen LogP contribution in [0.3, 0.4) is 0 Å². The lowest BCUT2D eigenvalue weighted by Crippen LogP contribution is -2.47. The summed E-state index contributed by atoms with van der Waals surface area (Å²) >= 11 is 0. The second-order valence-electron chi connectivity index (χ2n) is 8.46. The molecular weight excluding hydrogens is 416 g/mol. The molecule has 0 bridgehead atoms. The highest BCUT2D eigenvalue weighted by atomic mass is 19.1. The summed E-state index contributed by atoms with van der Waals surface area (Å²) < 4.78 is 29.7. The van der Waals surface area contributed by atoms with Crippen LogP contribution in [0.5, 0.6) is 5.75 Å². The van der Waals surface area contributed by atoms with Gasteiger partial charge in [-0.15, -0.1) is 0 Å². The number of nitrogens with zero attached hydrogens (tertiary/aromatic N) is 3. The number of hydrogen-bond donors (Lipinski definition) is 1. The van der Waals surface area contributed by atoms with Gasteiger partial charge in [-0.1, -0.05) is 24.3 Å². The molecule has 2 aliphatic rings. The van der Waals surface area contributed by atoms with Gasteiger partial charge in [-0.3, -0.25) is 14.3 Å². The molecule has 1 aliphatic carbocycles. The van der Waals surface area contributed by atoms with Crippen molar-refractivity contribution < 1.29 is 18.7 Å². The number of halogens is 2. The Morgan fingerprint density at radius 1 is 1.03 bits per heavy atom. The molecule has 32 heavy (non-hydrogen) atoms.